The maximum Gasteiger partial charge on any atom is 0.171 e. The molecule has 1 aromatic carbocycles. The molecule has 1 atom stereocenters. The second-order valence-corrected chi connectivity index (χ2v) is 6.74. The number of hydrogen-bond donors (Lipinski definition) is 0. The highest BCUT2D eigenvalue weighted by atomic mass is 32.2. The standard InChI is InChI=1S/C16H20N2O2S/c1-17(2)8-10-9-21-16-14(15(10)19)13-11(18(16)3)6-5-7-12(13)20-4/h5-7,10H,8-9H2,1-4H3. The van der Waals surface area contributed by atoms with Gasteiger partial charge in [0, 0.05) is 25.3 Å². The number of benzene rings is 1. The summed E-state index contributed by atoms with van der Waals surface area (Å²) in [4.78, 5) is 15.0. The number of ketones is 1. The van der Waals surface area contributed by atoms with Crippen LogP contribution in [0.5, 0.6) is 5.75 Å². The average Bonchev–Trinajstić information content (AvgIpc) is 2.75. The van der Waals surface area contributed by atoms with Crippen molar-refractivity contribution in [2.24, 2.45) is 13.0 Å². The maximum absolute atomic E-state index is 12.9. The van der Waals surface area contributed by atoms with Crippen molar-refractivity contribution < 1.29 is 9.53 Å². The van der Waals surface area contributed by atoms with Gasteiger partial charge < -0.3 is 14.2 Å². The van der Waals surface area contributed by atoms with E-state index in [0.29, 0.717) is 0 Å². The molecule has 0 fully saturated rings. The van der Waals surface area contributed by atoms with Gasteiger partial charge in [-0.15, -0.1) is 11.8 Å². The van der Waals surface area contributed by atoms with E-state index in [9.17, 15) is 4.79 Å². The minimum Gasteiger partial charge on any atom is -0.496 e. The SMILES string of the molecule is COc1cccc2c1c1c(n2C)SCC(CN(C)C)C1=O. The smallest absolute Gasteiger partial charge is 0.171 e. The first-order valence-electron chi connectivity index (χ1n) is 7.01. The van der Waals surface area contributed by atoms with Crippen molar-refractivity contribution >= 4 is 28.4 Å². The molecule has 4 nitrogen and oxygen atoms in total. The maximum atomic E-state index is 12.9. The summed E-state index contributed by atoms with van der Waals surface area (Å²) in [5.41, 5.74) is 1.90. The number of Topliss-reactive ketones (excluding diaryl/α,β-unsaturated/α-hetero) is 1. The number of aromatic nitrogens is 1. The van der Waals surface area contributed by atoms with Gasteiger partial charge in [0.05, 0.1) is 28.6 Å². The molecule has 0 spiro atoms. The van der Waals surface area contributed by atoms with E-state index in [4.69, 9.17) is 4.74 Å². The third-order valence-electron chi connectivity index (χ3n) is 3.98. The number of hydrogen-bond acceptors (Lipinski definition) is 4. The highest BCUT2D eigenvalue weighted by molar-refractivity contribution is 7.99. The van der Waals surface area contributed by atoms with Crippen LogP contribution in [0.25, 0.3) is 10.9 Å². The van der Waals surface area contributed by atoms with Crippen LogP contribution >= 0.6 is 11.8 Å². The summed E-state index contributed by atoms with van der Waals surface area (Å²) < 4.78 is 7.60. The van der Waals surface area contributed by atoms with Crippen LogP contribution in [0.4, 0.5) is 0 Å². The number of carbonyl (C=O) groups excluding carboxylic acids is 1. The van der Waals surface area contributed by atoms with E-state index in [0.717, 1.165) is 39.5 Å². The monoisotopic (exact) mass is 304 g/mol. The Morgan fingerprint density at radius 1 is 1.43 bits per heavy atom. The number of rotatable bonds is 3. The minimum atomic E-state index is 0.0491. The second kappa shape index (κ2) is 5.39. The summed E-state index contributed by atoms with van der Waals surface area (Å²) in [5, 5.41) is 2.02. The van der Waals surface area contributed by atoms with E-state index in [2.05, 4.69) is 9.47 Å². The Morgan fingerprint density at radius 3 is 2.86 bits per heavy atom. The molecule has 3 rings (SSSR count). The minimum absolute atomic E-state index is 0.0491. The van der Waals surface area contributed by atoms with E-state index in [1.807, 2.05) is 39.3 Å². The Kier molecular flexibility index (Phi) is 3.71. The fourth-order valence-corrected chi connectivity index (χ4v) is 4.29. The molecule has 0 bridgehead atoms. The zero-order valence-electron chi connectivity index (χ0n) is 12.8. The van der Waals surface area contributed by atoms with Gasteiger partial charge in [-0.1, -0.05) is 6.07 Å². The summed E-state index contributed by atoms with van der Waals surface area (Å²) in [5.74, 6) is 1.92. The first-order chi connectivity index (χ1) is 10.0. The van der Waals surface area contributed by atoms with Gasteiger partial charge in [0.2, 0.25) is 0 Å². The number of carbonyl (C=O) groups is 1. The Morgan fingerprint density at radius 2 is 2.19 bits per heavy atom. The molecule has 0 amide bonds. The van der Waals surface area contributed by atoms with Crippen molar-refractivity contribution in [3.05, 3.63) is 23.8 Å². The number of nitrogens with zero attached hydrogens (tertiary/aromatic N) is 2. The Bertz CT molecular complexity index is 706. The molecule has 1 unspecified atom stereocenters. The van der Waals surface area contributed by atoms with Crippen molar-refractivity contribution in [2.75, 3.05) is 33.5 Å². The van der Waals surface area contributed by atoms with E-state index in [-0.39, 0.29) is 11.7 Å². The van der Waals surface area contributed by atoms with Crippen LogP contribution in [-0.4, -0.2) is 48.8 Å². The van der Waals surface area contributed by atoms with Crippen molar-refractivity contribution in [2.45, 2.75) is 5.03 Å². The molecule has 112 valence electrons. The molecule has 0 N–H and O–H groups in total. The third kappa shape index (κ3) is 2.24. The number of fused-ring (bicyclic) bond motifs is 3. The zero-order chi connectivity index (χ0) is 15.1. The summed E-state index contributed by atoms with van der Waals surface area (Å²) >= 11 is 1.77. The lowest BCUT2D eigenvalue weighted by molar-refractivity contribution is 0.0908. The molecule has 2 heterocycles. The Hall–Kier alpha value is -1.46. The van der Waals surface area contributed by atoms with Crippen LogP contribution in [0.15, 0.2) is 23.2 Å². The molecule has 0 saturated carbocycles. The van der Waals surface area contributed by atoms with E-state index in [1.165, 1.54) is 0 Å². The zero-order valence-corrected chi connectivity index (χ0v) is 13.7. The van der Waals surface area contributed by atoms with Crippen molar-refractivity contribution in [3.63, 3.8) is 0 Å². The molecule has 2 aromatic rings. The normalized spacial score (nSPS) is 18.3. The summed E-state index contributed by atoms with van der Waals surface area (Å²) in [6.07, 6.45) is 0. The molecule has 5 heteroatoms. The molecule has 0 aliphatic carbocycles. The first-order valence-corrected chi connectivity index (χ1v) is 8.00. The third-order valence-corrected chi connectivity index (χ3v) is 5.30. The van der Waals surface area contributed by atoms with E-state index in [1.54, 1.807) is 18.9 Å². The molecule has 21 heavy (non-hydrogen) atoms. The molecule has 1 aliphatic rings. The summed E-state index contributed by atoms with van der Waals surface area (Å²) in [6.45, 7) is 0.789. The van der Waals surface area contributed by atoms with Crippen molar-refractivity contribution in [3.8, 4) is 5.75 Å². The largest absolute Gasteiger partial charge is 0.496 e. The quantitative estimate of drug-likeness (QED) is 0.873. The number of aryl methyl sites for hydroxylation is 1. The van der Waals surface area contributed by atoms with Gasteiger partial charge in [0.25, 0.3) is 0 Å². The van der Waals surface area contributed by atoms with Gasteiger partial charge >= 0.3 is 0 Å². The van der Waals surface area contributed by atoms with Crippen molar-refractivity contribution in [1.82, 2.24) is 9.47 Å². The molecule has 1 aromatic heterocycles. The van der Waals surface area contributed by atoms with Crippen LogP contribution in [-0.2, 0) is 7.05 Å². The summed E-state index contributed by atoms with van der Waals surface area (Å²) in [7, 11) is 7.70. The molecule has 0 radical (unpaired) electrons. The fourth-order valence-electron chi connectivity index (χ4n) is 3.04. The highest BCUT2D eigenvalue weighted by Crippen LogP contribution is 2.42. The molecule has 1 aliphatic heterocycles. The summed E-state index contributed by atoms with van der Waals surface area (Å²) in [6, 6.07) is 5.94. The van der Waals surface area contributed by atoms with Crippen LogP contribution in [0, 0.1) is 5.92 Å². The predicted molar refractivity (Wildman–Crippen MR) is 86.6 cm³/mol. The Balaban J connectivity index is 2.20. The van der Waals surface area contributed by atoms with Crippen molar-refractivity contribution in [1.29, 1.82) is 0 Å². The topological polar surface area (TPSA) is 34.5 Å². The van der Waals surface area contributed by atoms with E-state index >= 15 is 0 Å². The molecular formula is C16H20N2O2S. The van der Waals surface area contributed by atoms with Crippen LogP contribution in [0.1, 0.15) is 10.4 Å². The van der Waals surface area contributed by atoms with Gasteiger partial charge in [-0.25, -0.2) is 0 Å². The lowest BCUT2D eigenvalue weighted by Gasteiger charge is -2.24. The van der Waals surface area contributed by atoms with Gasteiger partial charge in [0.1, 0.15) is 5.75 Å². The second-order valence-electron chi connectivity index (χ2n) is 5.73. The van der Waals surface area contributed by atoms with Gasteiger partial charge in [-0.3, -0.25) is 4.79 Å². The average molecular weight is 304 g/mol. The first kappa shape index (κ1) is 14.5. The van der Waals surface area contributed by atoms with E-state index < -0.39 is 0 Å². The molecular weight excluding hydrogens is 284 g/mol. The number of ether oxygens (including phenoxy) is 1. The van der Waals surface area contributed by atoms with Crippen LogP contribution in [0.2, 0.25) is 0 Å². The number of methoxy groups -OCH3 is 1. The van der Waals surface area contributed by atoms with Gasteiger partial charge in [0.15, 0.2) is 5.78 Å². The Labute approximate surface area is 129 Å². The van der Waals surface area contributed by atoms with Crippen LogP contribution in [0.3, 0.4) is 0 Å². The van der Waals surface area contributed by atoms with Gasteiger partial charge in [-0.05, 0) is 26.2 Å². The predicted octanol–water partition coefficient (Wildman–Crippen LogP) is 2.65. The van der Waals surface area contributed by atoms with Crippen LogP contribution < -0.4 is 4.74 Å². The fraction of sp³-hybridized carbons (Fsp3) is 0.438. The van der Waals surface area contributed by atoms with Gasteiger partial charge in [-0.2, -0.15) is 0 Å². The highest BCUT2D eigenvalue weighted by Gasteiger charge is 2.34. The lowest BCUT2D eigenvalue weighted by Crippen LogP contribution is -2.32. The molecule has 0 saturated heterocycles. The lowest BCUT2D eigenvalue weighted by atomic mass is 9.97. The number of thioether (sulfide) groups is 1.